The number of aromatic nitrogens is 2. The predicted octanol–water partition coefficient (Wildman–Crippen LogP) is 1.13. The number of nitrogens with one attached hydrogen (secondary N) is 1. The molecule has 0 bridgehead atoms. The van der Waals surface area contributed by atoms with Crippen molar-refractivity contribution >= 4 is 5.78 Å². The summed E-state index contributed by atoms with van der Waals surface area (Å²) in [5.41, 5.74) is 0. The van der Waals surface area contributed by atoms with Gasteiger partial charge in [-0.1, -0.05) is 12.8 Å². The Labute approximate surface area is 89.7 Å². The second-order valence-electron chi connectivity index (χ2n) is 4.08. The van der Waals surface area contributed by atoms with Crippen LogP contribution in [0.25, 0.3) is 0 Å². The quantitative estimate of drug-likeness (QED) is 0.740. The van der Waals surface area contributed by atoms with Gasteiger partial charge in [-0.2, -0.15) is 0 Å². The van der Waals surface area contributed by atoms with Crippen molar-refractivity contribution < 1.29 is 4.79 Å². The van der Waals surface area contributed by atoms with Gasteiger partial charge in [-0.05, 0) is 19.4 Å². The predicted molar refractivity (Wildman–Crippen MR) is 57.8 cm³/mol. The van der Waals surface area contributed by atoms with Crippen molar-refractivity contribution in [3.8, 4) is 0 Å². The molecule has 4 nitrogen and oxygen atoms in total. The van der Waals surface area contributed by atoms with Gasteiger partial charge in [0.05, 0.1) is 6.04 Å². The second-order valence-corrected chi connectivity index (χ2v) is 4.08. The number of imidazole rings is 1. The largest absolute Gasteiger partial charge is 0.332 e. The Bertz CT molecular complexity index is 337. The Hall–Kier alpha value is -1.16. The summed E-state index contributed by atoms with van der Waals surface area (Å²) in [6.07, 6.45) is 7.94. The number of ketones is 1. The summed E-state index contributed by atoms with van der Waals surface area (Å²) in [5.74, 6) is 0.693. The van der Waals surface area contributed by atoms with Crippen LogP contribution in [0.4, 0.5) is 0 Å². The minimum atomic E-state index is -0.0337. The number of carbonyl (C=O) groups excluding carboxylic acids is 1. The van der Waals surface area contributed by atoms with Gasteiger partial charge >= 0.3 is 0 Å². The molecule has 1 aliphatic rings. The molecular weight excluding hydrogens is 190 g/mol. The lowest BCUT2D eigenvalue weighted by Gasteiger charge is -2.13. The molecule has 0 spiro atoms. The summed E-state index contributed by atoms with van der Waals surface area (Å²) in [5, 5.41) is 3.29. The third-order valence-electron chi connectivity index (χ3n) is 2.92. The van der Waals surface area contributed by atoms with Crippen molar-refractivity contribution in [3.05, 3.63) is 18.2 Å². The van der Waals surface area contributed by atoms with Crippen LogP contribution in [0.2, 0.25) is 0 Å². The minimum Gasteiger partial charge on any atom is -0.332 e. The lowest BCUT2D eigenvalue weighted by Crippen LogP contribution is -2.37. The van der Waals surface area contributed by atoms with Crippen molar-refractivity contribution in [3.63, 3.8) is 0 Å². The SMILES string of the molecule is Cn1ccnc1C(=O)C1CCCCCN1. The maximum atomic E-state index is 12.1. The number of hydrogen-bond acceptors (Lipinski definition) is 3. The highest BCUT2D eigenvalue weighted by Gasteiger charge is 2.23. The fourth-order valence-corrected chi connectivity index (χ4v) is 2.01. The molecule has 1 aromatic rings. The maximum absolute atomic E-state index is 12.1. The molecule has 1 aromatic heterocycles. The van der Waals surface area contributed by atoms with E-state index in [-0.39, 0.29) is 11.8 Å². The molecule has 2 heterocycles. The monoisotopic (exact) mass is 207 g/mol. The number of nitrogens with zero attached hydrogens (tertiary/aromatic N) is 2. The van der Waals surface area contributed by atoms with Gasteiger partial charge in [0.1, 0.15) is 0 Å². The average molecular weight is 207 g/mol. The smallest absolute Gasteiger partial charge is 0.215 e. The first kappa shape index (κ1) is 10.4. The molecule has 82 valence electrons. The molecule has 2 rings (SSSR count). The van der Waals surface area contributed by atoms with Crippen LogP contribution in [-0.4, -0.2) is 27.9 Å². The highest BCUT2D eigenvalue weighted by molar-refractivity contribution is 5.97. The topological polar surface area (TPSA) is 46.9 Å². The Morgan fingerprint density at radius 2 is 2.40 bits per heavy atom. The van der Waals surface area contributed by atoms with E-state index >= 15 is 0 Å². The Balaban J connectivity index is 2.09. The van der Waals surface area contributed by atoms with Crippen LogP contribution in [0.1, 0.15) is 36.3 Å². The molecule has 0 saturated carbocycles. The third kappa shape index (κ3) is 2.26. The van der Waals surface area contributed by atoms with Gasteiger partial charge in [0.15, 0.2) is 5.82 Å². The minimum absolute atomic E-state index is 0.0337. The lowest BCUT2D eigenvalue weighted by atomic mass is 10.1. The maximum Gasteiger partial charge on any atom is 0.215 e. The first-order chi connectivity index (χ1) is 7.29. The second kappa shape index (κ2) is 4.57. The molecule has 1 atom stereocenters. The fraction of sp³-hybridized carbons (Fsp3) is 0.636. The van der Waals surface area contributed by atoms with E-state index in [0.717, 1.165) is 19.4 Å². The summed E-state index contributed by atoms with van der Waals surface area (Å²) >= 11 is 0. The van der Waals surface area contributed by atoms with Crippen LogP contribution < -0.4 is 5.32 Å². The Kier molecular flexibility index (Phi) is 3.16. The van der Waals surface area contributed by atoms with Crippen LogP contribution in [0.3, 0.4) is 0 Å². The van der Waals surface area contributed by atoms with E-state index in [4.69, 9.17) is 0 Å². The molecule has 0 aromatic carbocycles. The summed E-state index contributed by atoms with van der Waals surface area (Å²) in [7, 11) is 1.86. The van der Waals surface area contributed by atoms with E-state index in [0.29, 0.717) is 5.82 Å². The van der Waals surface area contributed by atoms with Crippen LogP contribution >= 0.6 is 0 Å². The van der Waals surface area contributed by atoms with Crippen molar-refractivity contribution in [2.24, 2.45) is 7.05 Å². The van der Waals surface area contributed by atoms with Crippen LogP contribution in [-0.2, 0) is 7.05 Å². The molecule has 4 heteroatoms. The van der Waals surface area contributed by atoms with Crippen molar-refractivity contribution in [1.82, 2.24) is 14.9 Å². The zero-order valence-corrected chi connectivity index (χ0v) is 9.07. The van der Waals surface area contributed by atoms with E-state index in [1.807, 2.05) is 13.2 Å². The van der Waals surface area contributed by atoms with E-state index < -0.39 is 0 Å². The van der Waals surface area contributed by atoms with Gasteiger partial charge < -0.3 is 9.88 Å². The zero-order chi connectivity index (χ0) is 10.7. The van der Waals surface area contributed by atoms with Crippen LogP contribution in [0, 0.1) is 0 Å². The van der Waals surface area contributed by atoms with E-state index in [2.05, 4.69) is 10.3 Å². The number of carbonyl (C=O) groups is 1. The average Bonchev–Trinajstić information content (AvgIpc) is 2.53. The summed E-state index contributed by atoms with van der Waals surface area (Å²) < 4.78 is 1.79. The van der Waals surface area contributed by atoms with E-state index in [9.17, 15) is 4.79 Å². The standard InChI is InChI=1S/C11H17N3O/c1-14-8-7-13-11(14)10(15)9-5-3-2-4-6-12-9/h7-9,12H,2-6H2,1H3. The summed E-state index contributed by atoms with van der Waals surface area (Å²) in [4.78, 5) is 16.2. The number of aryl methyl sites for hydroxylation is 1. The molecule has 1 fully saturated rings. The van der Waals surface area contributed by atoms with Crippen molar-refractivity contribution in [2.45, 2.75) is 31.7 Å². The molecule has 1 unspecified atom stereocenters. The van der Waals surface area contributed by atoms with Gasteiger partial charge in [-0.15, -0.1) is 0 Å². The molecule has 1 N–H and O–H groups in total. The molecule has 1 aliphatic heterocycles. The summed E-state index contributed by atoms with van der Waals surface area (Å²) in [6, 6.07) is -0.0337. The first-order valence-electron chi connectivity index (χ1n) is 5.54. The number of rotatable bonds is 2. The number of hydrogen-bond donors (Lipinski definition) is 1. The van der Waals surface area contributed by atoms with Gasteiger partial charge in [0.2, 0.25) is 5.78 Å². The molecule has 0 amide bonds. The normalized spacial score (nSPS) is 22.3. The molecule has 15 heavy (non-hydrogen) atoms. The van der Waals surface area contributed by atoms with E-state index in [1.165, 1.54) is 12.8 Å². The highest BCUT2D eigenvalue weighted by Crippen LogP contribution is 2.12. The number of Topliss-reactive ketones (excluding diaryl/α,β-unsaturated/α-hetero) is 1. The van der Waals surface area contributed by atoms with E-state index in [1.54, 1.807) is 10.8 Å². The Morgan fingerprint density at radius 3 is 3.13 bits per heavy atom. The van der Waals surface area contributed by atoms with Crippen molar-refractivity contribution in [2.75, 3.05) is 6.54 Å². The first-order valence-corrected chi connectivity index (χ1v) is 5.54. The van der Waals surface area contributed by atoms with Gasteiger partial charge in [0.25, 0.3) is 0 Å². The molecular formula is C11H17N3O. The van der Waals surface area contributed by atoms with Crippen LogP contribution in [0.5, 0.6) is 0 Å². The lowest BCUT2D eigenvalue weighted by molar-refractivity contribution is 0.0927. The Morgan fingerprint density at radius 1 is 1.53 bits per heavy atom. The van der Waals surface area contributed by atoms with Gasteiger partial charge in [-0.25, -0.2) is 4.98 Å². The van der Waals surface area contributed by atoms with Gasteiger partial charge in [-0.3, -0.25) is 4.79 Å². The fourth-order valence-electron chi connectivity index (χ4n) is 2.01. The zero-order valence-electron chi connectivity index (χ0n) is 9.07. The van der Waals surface area contributed by atoms with Crippen LogP contribution in [0.15, 0.2) is 12.4 Å². The molecule has 0 radical (unpaired) electrons. The summed E-state index contributed by atoms with van der Waals surface area (Å²) in [6.45, 7) is 0.945. The van der Waals surface area contributed by atoms with Gasteiger partial charge in [0, 0.05) is 19.4 Å². The van der Waals surface area contributed by atoms with Crippen molar-refractivity contribution in [1.29, 1.82) is 0 Å². The molecule has 1 saturated heterocycles. The third-order valence-corrected chi connectivity index (χ3v) is 2.92. The molecule has 0 aliphatic carbocycles. The highest BCUT2D eigenvalue weighted by atomic mass is 16.1.